The number of pyridine rings is 1. The van der Waals surface area contributed by atoms with Crippen LogP contribution >= 0.6 is 24.0 Å². The highest BCUT2D eigenvalue weighted by Crippen LogP contribution is 1.92. The van der Waals surface area contributed by atoms with E-state index in [0.717, 1.165) is 38.4 Å². The molecular formula is C15H27IN4O. The molecule has 1 aromatic heterocycles. The van der Waals surface area contributed by atoms with E-state index in [1.807, 2.05) is 12.3 Å². The third kappa shape index (κ3) is 8.75. The van der Waals surface area contributed by atoms with Crippen LogP contribution in [0.2, 0.25) is 0 Å². The number of hydrogen-bond donors (Lipinski definition) is 2. The molecule has 0 amide bonds. The summed E-state index contributed by atoms with van der Waals surface area (Å²) in [4.78, 5) is 15.7. The van der Waals surface area contributed by atoms with Gasteiger partial charge >= 0.3 is 0 Å². The number of hydrogen-bond acceptors (Lipinski definition) is 2. The first-order valence-electron chi connectivity index (χ1n) is 7.23. The van der Waals surface area contributed by atoms with Crippen molar-refractivity contribution < 1.29 is 0 Å². The van der Waals surface area contributed by atoms with E-state index in [-0.39, 0.29) is 29.5 Å². The van der Waals surface area contributed by atoms with Crippen molar-refractivity contribution in [3.05, 3.63) is 34.7 Å². The summed E-state index contributed by atoms with van der Waals surface area (Å²) in [5, 5.41) is 6.55. The second-order valence-corrected chi connectivity index (χ2v) is 5.21. The average Bonchev–Trinajstić information content (AvgIpc) is 2.43. The molecule has 0 aliphatic carbocycles. The van der Waals surface area contributed by atoms with Crippen LogP contribution in [0, 0.1) is 5.92 Å². The molecule has 0 aliphatic heterocycles. The van der Waals surface area contributed by atoms with Gasteiger partial charge in [-0.15, -0.1) is 24.0 Å². The summed E-state index contributed by atoms with van der Waals surface area (Å²) in [5.74, 6) is 1.44. The quantitative estimate of drug-likeness (QED) is 0.316. The molecule has 6 heteroatoms. The van der Waals surface area contributed by atoms with E-state index in [1.54, 1.807) is 23.7 Å². The van der Waals surface area contributed by atoms with Crippen LogP contribution in [0.15, 0.2) is 34.2 Å². The van der Waals surface area contributed by atoms with Gasteiger partial charge in [-0.05, 0) is 24.8 Å². The molecule has 1 rings (SSSR count). The summed E-state index contributed by atoms with van der Waals surface area (Å²) in [6.07, 6.45) is 3.81. The van der Waals surface area contributed by atoms with Crippen molar-refractivity contribution in [2.45, 2.75) is 33.2 Å². The van der Waals surface area contributed by atoms with Gasteiger partial charge in [0, 0.05) is 38.9 Å². The molecule has 0 aliphatic rings. The zero-order chi connectivity index (χ0) is 14.8. The van der Waals surface area contributed by atoms with Crippen LogP contribution in [-0.2, 0) is 6.54 Å². The van der Waals surface area contributed by atoms with Crippen molar-refractivity contribution in [3.8, 4) is 0 Å². The molecule has 1 heterocycles. The maximum Gasteiger partial charge on any atom is 0.250 e. The lowest BCUT2D eigenvalue weighted by atomic mass is 10.2. The number of halogens is 1. The first kappa shape index (κ1) is 19.9. The summed E-state index contributed by atoms with van der Waals surface area (Å²) in [5.41, 5.74) is 0.0647. The highest BCUT2D eigenvalue weighted by Gasteiger charge is 1.99. The molecule has 0 bridgehead atoms. The van der Waals surface area contributed by atoms with Crippen LogP contribution in [0.1, 0.15) is 26.7 Å². The van der Waals surface area contributed by atoms with Gasteiger partial charge in [0.1, 0.15) is 0 Å². The number of nitrogens with one attached hydrogen (secondary N) is 2. The molecule has 0 spiro atoms. The van der Waals surface area contributed by atoms with E-state index in [1.165, 1.54) is 0 Å². The molecule has 0 unspecified atom stereocenters. The summed E-state index contributed by atoms with van der Waals surface area (Å²) < 4.78 is 1.74. The smallest absolute Gasteiger partial charge is 0.250 e. The van der Waals surface area contributed by atoms with Gasteiger partial charge in [-0.25, -0.2) is 0 Å². The molecule has 1 aromatic rings. The van der Waals surface area contributed by atoms with Gasteiger partial charge in [-0.3, -0.25) is 9.79 Å². The van der Waals surface area contributed by atoms with Crippen LogP contribution in [0.4, 0.5) is 0 Å². The molecule has 0 saturated carbocycles. The number of guanidine groups is 1. The molecule has 5 nitrogen and oxygen atoms in total. The lowest BCUT2D eigenvalue weighted by molar-refractivity contribution is 0.579. The fourth-order valence-electron chi connectivity index (χ4n) is 1.78. The van der Waals surface area contributed by atoms with Gasteiger partial charge in [-0.2, -0.15) is 0 Å². The average molecular weight is 406 g/mol. The van der Waals surface area contributed by atoms with Crippen LogP contribution in [-0.4, -0.2) is 30.7 Å². The Labute approximate surface area is 144 Å². The van der Waals surface area contributed by atoms with Gasteiger partial charge < -0.3 is 15.2 Å². The minimum Gasteiger partial charge on any atom is -0.356 e. The fourth-order valence-corrected chi connectivity index (χ4v) is 1.78. The third-order valence-electron chi connectivity index (χ3n) is 2.92. The van der Waals surface area contributed by atoms with Crippen LogP contribution in [0.3, 0.4) is 0 Å². The standard InChI is InChI=1S/C15H26N4O.HI/c1-13(2)12-18-15(16-3)17-9-5-7-11-19-10-6-4-8-14(19)20;/h4,6,8,10,13H,5,7,9,11-12H2,1-3H3,(H2,16,17,18);1H. The highest BCUT2D eigenvalue weighted by atomic mass is 127. The molecule has 2 N–H and O–H groups in total. The molecule has 0 saturated heterocycles. The van der Waals surface area contributed by atoms with E-state index in [2.05, 4.69) is 29.5 Å². The van der Waals surface area contributed by atoms with E-state index in [0.29, 0.717) is 5.92 Å². The number of aliphatic imine (C=N–C) groups is 1. The summed E-state index contributed by atoms with van der Waals surface area (Å²) in [6.45, 7) is 6.87. The van der Waals surface area contributed by atoms with Gasteiger partial charge in [-0.1, -0.05) is 19.9 Å². The summed E-state index contributed by atoms with van der Waals surface area (Å²) in [6, 6.07) is 5.25. The number of nitrogens with zero attached hydrogens (tertiary/aromatic N) is 2. The molecule has 0 atom stereocenters. The van der Waals surface area contributed by atoms with Gasteiger partial charge in [0.15, 0.2) is 5.96 Å². The van der Waals surface area contributed by atoms with Crippen LogP contribution < -0.4 is 16.2 Å². The van der Waals surface area contributed by atoms with Gasteiger partial charge in [0.05, 0.1) is 0 Å². The lowest BCUT2D eigenvalue weighted by Gasteiger charge is -2.13. The van der Waals surface area contributed by atoms with Crippen molar-refractivity contribution in [2.75, 3.05) is 20.1 Å². The molecule has 0 fully saturated rings. The first-order valence-corrected chi connectivity index (χ1v) is 7.23. The van der Waals surface area contributed by atoms with Crippen molar-refractivity contribution in [3.63, 3.8) is 0 Å². The monoisotopic (exact) mass is 406 g/mol. The van der Waals surface area contributed by atoms with Crippen LogP contribution in [0.25, 0.3) is 0 Å². The summed E-state index contributed by atoms with van der Waals surface area (Å²) >= 11 is 0. The fraction of sp³-hybridized carbons (Fsp3) is 0.600. The number of aryl methyl sites for hydroxylation is 1. The molecule has 21 heavy (non-hydrogen) atoms. The van der Waals surface area contributed by atoms with E-state index < -0.39 is 0 Å². The van der Waals surface area contributed by atoms with Crippen LogP contribution in [0.5, 0.6) is 0 Å². The van der Waals surface area contributed by atoms with Crippen molar-refractivity contribution in [1.29, 1.82) is 0 Å². The summed E-state index contributed by atoms with van der Waals surface area (Å²) in [7, 11) is 1.78. The van der Waals surface area contributed by atoms with Crippen molar-refractivity contribution in [1.82, 2.24) is 15.2 Å². The highest BCUT2D eigenvalue weighted by molar-refractivity contribution is 14.0. The normalized spacial score (nSPS) is 11.1. The van der Waals surface area contributed by atoms with Gasteiger partial charge in [0.2, 0.25) is 5.56 Å². The molecule has 120 valence electrons. The van der Waals surface area contributed by atoms with Crippen molar-refractivity contribution >= 4 is 29.9 Å². The minimum absolute atomic E-state index is 0. The second kappa shape index (κ2) is 11.6. The maximum absolute atomic E-state index is 11.5. The van der Waals surface area contributed by atoms with Crippen molar-refractivity contribution in [2.24, 2.45) is 10.9 Å². The van der Waals surface area contributed by atoms with Gasteiger partial charge in [0.25, 0.3) is 0 Å². The lowest BCUT2D eigenvalue weighted by Crippen LogP contribution is -2.39. The van der Waals surface area contributed by atoms with E-state index in [9.17, 15) is 4.79 Å². The Bertz CT molecular complexity index is 471. The molecular weight excluding hydrogens is 379 g/mol. The Morgan fingerprint density at radius 3 is 2.67 bits per heavy atom. The zero-order valence-corrected chi connectivity index (χ0v) is 15.5. The largest absolute Gasteiger partial charge is 0.356 e. The maximum atomic E-state index is 11.5. The van der Waals surface area contributed by atoms with E-state index in [4.69, 9.17) is 0 Å². The predicted octanol–water partition coefficient (Wildman–Crippen LogP) is 2.07. The number of aromatic nitrogens is 1. The first-order chi connectivity index (χ1) is 9.63. The topological polar surface area (TPSA) is 58.4 Å². The second-order valence-electron chi connectivity index (χ2n) is 5.21. The zero-order valence-electron chi connectivity index (χ0n) is 13.1. The number of unbranched alkanes of at least 4 members (excludes halogenated alkanes) is 1. The molecule has 0 aromatic carbocycles. The number of rotatable bonds is 7. The Morgan fingerprint density at radius 2 is 2.05 bits per heavy atom. The predicted molar refractivity (Wildman–Crippen MR) is 99.6 cm³/mol. The third-order valence-corrected chi connectivity index (χ3v) is 2.92. The van der Waals surface area contributed by atoms with E-state index >= 15 is 0 Å². The minimum atomic E-state index is 0. The Balaban J connectivity index is 0.00000400. The Kier molecular flexibility index (Phi) is 11.0. The molecule has 0 radical (unpaired) electrons. The Morgan fingerprint density at radius 1 is 1.29 bits per heavy atom. The Hall–Kier alpha value is -1.05. The SMILES string of the molecule is CN=C(NCCCCn1ccccc1=O)NCC(C)C.I.